The maximum absolute atomic E-state index is 13.4. The number of imidazole rings is 1. The standard InChI is InChI=1S/C21H30F3N3/c1-6-18(14(2)3)16-7-9-17(10-8-16)19-12-27(13-26-19)20(21(22,23)24)11-25-15(4)5/h7-10,12-15,18,20,25H,6,11H2,1-5H3/t18?,20-/m1/s1. The highest BCUT2D eigenvalue weighted by Gasteiger charge is 2.40. The van der Waals surface area contributed by atoms with Gasteiger partial charge in [0.05, 0.1) is 12.0 Å². The summed E-state index contributed by atoms with van der Waals surface area (Å²) in [5.74, 6) is 1.02. The molecule has 1 unspecified atom stereocenters. The lowest BCUT2D eigenvalue weighted by Gasteiger charge is -2.23. The molecule has 6 heteroatoms. The van der Waals surface area contributed by atoms with Crippen molar-refractivity contribution in [2.45, 2.75) is 65.2 Å². The Morgan fingerprint density at radius 3 is 2.19 bits per heavy atom. The number of nitrogens with one attached hydrogen (secondary N) is 1. The molecule has 0 saturated carbocycles. The second kappa shape index (κ2) is 8.91. The second-order valence-electron chi connectivity index (χ2n) is 7.71. The number of hydrogen-bond donors (Lipinski definition) is 1. The van der Waals surface area contributed by atoms with Crippen LogP contribution in [0, 0.1) is 5.92 Å². The first-order valence-electron chi connectivity index (χ1n) is 9.57. The molecular formula is C21H30F3N3. The van der Waals surface area contributed by atoms with Gasteiger partial charge in [0.1, 0.15) is 6.04 Å². The van der Waals surface area contributed by atoms with E-state index in [4.69, 9.17) is 0 Å². The average Bonchev–Trinajstić information content (AvgIpc) is 3.04. The normalized spacial score (nSPS) is 14.7. The van der Waals surface area contributed by atoms with E-state index in [1.807, 2.05) is 26.0 Å². The Labute approximate surface area is 160 Å². The van der Waals surface area contributed by atoms with Gasteiger partial charge in [0, 0.05) is 24.3 Å². The molecule has 2 aromatic rings. The van der Waals surface area contributed by atoms with Crippen LogP contribution in [0.25, 0.3) is 11.3 Å². The minimum atomic E-state index is -4.34. The number of hydrogen-bond acceptors (Lipinski definition) is 2. The number of aromatic nitrogens is 2. The Bertz CT molecular complexity index is 702. The zero-order chi connectivity index (χ0) is 20.2. The van der Waals surface area contributed by atoms with Gasteiger partial charge < -0.3 is 9.88 Å². The molecule has 1 aromatic carbocycles. The van der Waals surface area contributed by atoms with Gasteiger partial charge in [-0.25, -0.2) is 4.98 Å². The van der Waals surface area contributed by atoms with Gasteiger partial charge in [-0.3, -0.25) is 0 Å². The average molecular weight is 381 g/mol. The maximum atomic E-state index is 13.4. The summed E-state index contributed by atoms with van der Waals surface area (Å²) < 4.78 is 41.5. The number of rotatable bonds is 8. The third-order valence-corrected chi connectivity index (χ3v) is 4.94. The van der Waals surface area contributed by atoms with Crippen LogP contribution in [0.15, 0.2) is 36.8 Å². The lowest BCUT2D eigenvalue weighted by Crippen LogP contribution is -2.37. The smallest absolute Gasteiger partial charge is 0.323 e. The van der Waals surface area contributed by atoms with E-state index in [2.05, 4.69) is 43.2 Å². The monoisotopic (exact) mass is 381 g/mol. The second-order valence-corrected chi connectivity index (χ2v) is 7.71. The van der Waals surface area contributed by atoms with Gasteiger partial charge in [0.2, 0.25) is 0 Å². The topological polar surface area (TPSA) is 29.9 Å². The molecule has 0 amide bonds. The van der Waals surface area contributed by atoms with Crippen LogP contribution in [-0.2, 0) is 0 Å². The molecule has 2 rings (SSSR count). The van der Waals surface area contributed by atoms with Gasteiger partial charge in [0.15, 0.2) is 0 Å². The Kier molecular flexibility index (Phi) is 7.09. The molecule has 1 heterocycles. The Morgan fingerprint density at radius 1 is 1.07 bits per heavy atom. The summed E-state index contributed by atoms with van der Waals surface area (Å²) in [5, 5.41) is 2.87. The van der Waals surface area contributed by atoms with Crippen LogP contribution in [0.2, 0.25) is 0 Å². The van der Waals surface area contributed by atoms with E-state index >= 15 is 0 Å². The van der Waals surface area contributed by atoms with E-state index in [1.54, 1.807) is 0 Å². The van der Waals surface area contributed by atoms with E-state index in [0.717, 1.165) is 16.6 Å². The lowest BCUT2D eigenvalue weighted by molar-refractivity contribution is -0.166. The maximum Gasteiger partial charge on any atom is 0.410 e. The molecule has 0 aliphatic rings. The quantitative estimate of drug-likeness (QED) is 0.626. The van der Waals surface area contributed by atoms with Crippen LogP contribution in [0.4, 0.5) is 13.2 Å². The highest BCUT2D eigenvalue weighted by molar-refractivity contribution is 5.58. The van der Waals surface area contributed by atoms with Crippen molar-refractivity contribution in [1.29, 1.82) is 0 Å². The van der Waals surface area contributed by atoms with Crippen molar-refractivity contribution in [3.8, 4) is 11.3 Å². The number of halogens is 3. The van der Waals surface area contributed by atoms with Crippen LogP contribution in [0.5, 0.6) is 0 Å². The predicted octanol–water partition coefficient (Wildman–Crippen LogP) is 5.80. The van der Waals surface area contributed by atoms with Crippen LogP contribution in [-0.4, -0.2) is 28.3 Å². The zero-order valence-corrected chi connectivity index (χ0v) is 16.7. The molecule has 2 atom stereocenters. The van der Waals surface area contributed by atoms with Crippen molar-refractivity contribution in [3.63, 3.8) is 0 Å². The fraction of sp³-hybridized carbons (Fsp3) is 0.571. The summed E-state index contributed by atoms with van der Waals surface area (Å²) in [4.78, 5) is 4.21. The van der Waals surface area contributed by atoms with Crippen molar-refractivity contribution in [2.75, 3.05) is 6.54 Å². The number of nitrogens with zero attached hydrogens (tertiary/aromatic N) is 2. The molecule has 3 nitrogen and oxygen atoms in total. The molecule has 0 saturated heterocycles. The molecule has 0 spiro atoms. The van der Waals surface area contributed by atoms with E-state index in [-0.39, 0.29) is 12.6 Å². The summed E-state index contributed by atoms with van der Waals surface area (Å²) in [6, 6.07) is 6.36. The molecule has 1 N–H and O–H groups in total. The van der Waals surface area contributed by atoms with E-state index in [0.29, 0.717) is 17.5 Å². The highest BCUT2D eigenvalue weighted by Crippen LogP contribution is 2.32. The first-order chi connectivity index (χ1) is 12.6. The minimum Gasteiger partial charge on any atom is -0.323 e. The van der Waals surface area contributed by atoms with Gasteiger partial charge in [-0.15, -0.1) is 0 Å². The summed E-state index contributed by atoms with van der Waals surface area (Å²) in [6.45, 7) is 10.0. The summed E-state index contributed by atoms with van der Waals surface area (Å²) in [5.41, 5.74) is 2.64. The van der Waals surface area contributed by atoms with Gasteiger partial charge in [-0.1, -0.05) is 58.9 Å². The van der Waals surface area contributed by atoms with Gasteiger partial charge in [-0.05, 0) is 23.8 Å². The van der Waals surface area contributed by atoms with Gasteiger partial charge >= 0.3 is 6.18 Å². The third-order valence-electron chi connectivity index (χ3n) is 4.94. The Hall–Kier alpha value is -1.82. The highest BCUT2D eigenvalue weighted by atomic mass is 19.4. The molecular weight excluding hydrogens is 351 g/mol. The molecule has 0 aliphatic heterocycles. The van der Waals surface area contributed by atoms with Crippen molar-refractivity contribution < 1.29 is 13.2 Å². The van der Waals surface area contributed by atoms with Crippen molar-refractivity contribution in [3.05, 3.63) is 42.4 Å². The summed E-state index contributed by atoms with van der Waals surface area (Å²) in [6.07, 6.45) is -0.529. The van der Waals surface area contributed by atoms with Gasteiger partial charge in [0.25, 0.3) is 0 Å². The minimum absolute atomic E-state index is 0.0159. The predicted molar refractivity (Wildman–Crippen MR) is 104 cm³/mol. The molecule has 27 heavy (non-hydrogen) atoms. The fourth-order valence-electron chi connectivity index (χ4n) is 3.39. The summed E-state index contributed by atoms with van der Waals surface area (Å²) in [7, 11) is 0. The largest absolute Gasteiger partial charge is 0.410 e. The first-order valence-corrected chi connectivity index (χ1v) is 9.57. The number of alkyl halides is 3. The van der Waals surface area contributed by atoms with Crippen molar-refractivity contribution >= 4 is 0 Å². The first kappa shape index (κ1) is 21.5. The third kappa shape index (κ3) is 5.58. The van der Waals surface area contributed by atoms with Crippen LogP contribution < -0.4 is 5.32 Å². The van der Waals surface area contributed by atoms with Crippen molar-refractivity contribution in [2.24, 2.45) is 5.92 Å². The number of benzene rings is 1. The van der Waals surface area contributed by atoms with Crippen LogP contribution in [0.1, 0.15) is 58.6 Å². The molecule has 0 radical (unpaired) electrons. The molecule has 0 bridgehead atoms. The molecule has 0 fully saturated rings. The lowest BCUT2D eigenvalue weighted by atomic mass is 9.86. The van der Waals surface area contributed by atoms with Gasteiger partial charge in [-0.2, -0.15) is 13.2 Å². The molecule has 150 valence electrons. The van der Waals surface area contributed by atoms with Crippen LogP contribution in [0.3, 0.4) is 0 Å². The van der Waals surface area contributed by atoms with E-state index in [1.165, 1.54) is 18.1 Å². The summed E-state index contributed by atoms with van der Waals surface area (Å²) >= 11 is 0. The molecule has 0 aliphatic carbocycles. The van der Waals surface area contributed by atoms with Crippen LogP contribution >= 0.6 is 0 Å². The fourth-order valence-corrected chi connectivity index (χ4v) is 3.39. The van der Waals surface area contributed by atoms with Crippen molar-refractivity contribution in [1.82, 2.24) is 14.9 Å². The van der Waals surface area contributed by atoms with E-state index < -0.39 is 12.2 Å². The Balaban J connectivity index is 2.23. The molecule has 1 aromatic heterocycles. The Morgan fingerprint density at radius 2 is 1.70 bits per heavy atom. The van der Waals surface area contributed by atoms with E-state index in [9.17, 15) is 13.2 Å². The zero-order valence-electron chi connectivity index (χ0n) is 16.7. The SMILES string of the molecule is CCC(c1ccc(-c2cn([C@H](CNC(C)C)C(F)(F)F)cn2)cc1)C(C)C.